The molecule has 1 amide bonds. The fourth-order valence-corrected chi connectivity index (χ4v) is 2.50. The molecule has 0 N–H and O–H groups in total. The minimum atomic E-state index is 0.167. The minimum absolute atomic E-state index is 0.167. The van der Waals surface area contributed by atoms with E-state index in [4.69, 9.17) is 4.52 Å². The van der Waals surface area contributed by atoms with Gasteiger partial charge in [-0.2, -0.15) is 16.3 Å². The summed E-state index contributed by atoms with van der Waals surface area (Å²) in [6.45, 7) is 1.21. The van der Waals surface area contributed by atoms with E-state index in [0.29, 0.717) is 24.7 Å². The third-order valence-corrected chi connectivity index (χ3v) is 3.43. The van der Waals surface area contributed by atoms with Crippen molar-refractivity contribution in [2.45, 2.75) is 19.4 Å². The van der Waals surface area contributed by atoms with E-state index in [2.05, 4.69) is 10.1 Å². The molecule has 3 rings (SSSR count). The largest absolute Gasteiger partial charge is 0.337 e. The number of amides is 1. The Kier molecular flexibility index (Phi) is 2.64. The molecule has 1 aliphatic rings. The second-order valence-electron chi connectivity index (χ2n) is 3.94. The maximum atomic E-state index is 11.5. The van der Waals surface area contributed by atoms with Crippen LogP contribution in [0.25, 0.3) is 11.4 Å². The van der Waals surface area contributed by atoms with E-state index in [0.717, 1.165) is 18.5 Å². The van der Waals surface area contributed by atoms with Crippen LogP contribution < -0.4 is 0 Å². The number of nitrogens with zero attached hydrogens (tertiary/aromatic N) is 3. The van der Waals surface area contributed by atoms with Gasteiger partial charge in [0.2, 0.25) is 17.6 Å². The Balaban J connectivity index is 1.75. The Hall–Kier alpha value is -1.69. The minimum Gasteiger partial charge on any atom is -0.337 e. The molecule has 0 spiro atoms. The zero-order valence-corrected chi connectivity index (χ0v) is 9.94. The first kappa shape index (κ1) is 10.5. The lowest BCUT2D eigenvalue weighted by Crippen LogP contribution is -2.23. The molecular weight excluding hydrogens is 238 g/mol. The van der Waals surface area contributed by atoms with E-state index in [1.54, 1.807) is 16.2 Å². The smallest absolute Gasteiger partial charge is 0.246 e. The van der Waals surface area contributed by atoms with Crippen LogP contribution in [-0.2, 0) is 11.3 Å². The van der Waals surface area contributed by atoms with Crippen molar-refractivity contribution < 1.29 is 9.32 Å². The summed E-state index contributed by atoms with van der Waals surface area (Å²) < 4.78 is 5.15. The summed E-state index contributed by atoms with van der Waals surface area (Å²) in [5.74, 6) is 1.26. The lowest BCUT2D eigenvalue weighted by Gasteiger charge is -2.11. The Morgan fingerprint density at radius 3 is 3.18 bits per heavy atom. The van der Waals surface area contributed by atoms with Gasteiger partial charge in [0.1, 0.15) is 0 Å². The number of carbonyl (C=O) groups is 1. The van der Waals surface area contributed by atoms with E-state index >= 15 is 0 Å². The number of carbonyl (C=O) groups excluding carboxylic acids is 1. The molecule has 2 aromatic heterocycles. The van der Waals surface area contributed by atoms with E-state index < -0.39 is 0 Å². The standard InChI is InChI=1S/C11H11N3O2S/c15-10-2-1-4-14(10)6-9-12-11(13-16-9)8-3-5-17-7-8/h3,5,7H,1-2,4,6H2. The van der Waals surface area contributed by atoms with Gasteiger partial charge in [-0.25, -0.2) is 0 Å². The van der Waals surface area contributed by atoms with Crippen LogP contribution in [0.2, 0.25) is 0 Å². The second-order valence-corrected chi connectivity index (χ2v) is 4.72. The average Bonchev–Trinajstić information content (AvgIpc) is 3.02. The molecule has 88 valence electrons. The second kappa shape index (κ2) is 4.29. The highest BCUT2D eigenvalue weighted by Crippen LogP contribution is 2.20. The molecule has 0 aromatic carbocycles. The number of hydrogen-bond donors (Lipinski definition) is 0. The molecule has 0 unspecified atom stereocenters. The van der Waals surface area contributed by atoms with E-state index in [-0.39, 0.29) is 5.91 Å². The Morgan fingerprint density at radius 1 is 1.53 bits per heavy atom. The summed E-state index contributed by atoms with van der Waals surface area (Å²) in [4.78, 5) is 17.5. The van der Waals surface area contributed by atoms with Crippen molar-refractivity contribution in [3.05, 3.63) is 22.7 Å². The van der Waals surface area contributed by atoms with Gasteiger partial charge in [0.05, 0.1) is 6.54 Å². The van der Waals surface area contributed by atoms with Gasteiger partial charge in [0.15, 0.2) is 0 Å². The van der Waals surface area contributed by atoms with Gasteiger partial charge in [0.25, 0.3) is 0 Å². The molecule has 0 bridgehead atoms. The molecule has 3 heterocycles. The third kappa shape index (κ3) is 2.08. The number of likely N-dealkylation sites (tertiary alicyclic amines) is 1. The van der Waals surface area contributed by atoms with Crippen LogP contribution >= 0.6 is 11.3 Å². The molecular formula is C11H11N3O2S. The van der Waals surface area contributed by atoms with Crippen molar-refractivity contribution in [2.24, 2.45) is 0 Å². The van der Waals surface area contributed by atoms with E-state index in [9.17, 15) is 4.79 Å². The molecule has 0 atom stereocenters. The number of aromatic nitrogens is 2. The maximum Gasteiger partial charge on any atom is 0.246 e. The van der Waals surface area contributed by atoms with E-state index in [1.165, 1.54) is 0 Å². The van der Waals surface area contributed by atoms with Crippen molar-refractivity contribution >= 4 is 17.2 Å². The lowest BCUT2D eigenvalue weighted by molar-refractivity contribution is -0.128. The molecule has 5 nitrogen and oxygen atoms in total. The molecule has 1 aliphatic heterocycles. The van der Waals surface area contributed by atoms with Crippen molar-refractivity contribution in [3.63, 3.8) is 0 Å². The fraction of sp³-hybridized carbons (Fsp3) is 0.364. The normalized spacial score (nSPS) is 15.8. The summed E-state index contributed by atoms with van der Waals surface area (Å²) in [5.41, 5.74) is 0.956. The van der Waals surface area contributed by atoms with Crippen LogP contribution in [0.3, 0.4) is 0 Å². The Labute approximate surface area is 102 Å². The van der Waals surface area contributed by atoms with Crippen LogP contribution in [0, 0.1) is 0 Å². The zero-order valence-electron chi connectivity index (χ0n) is 9.13. The first-order chi connectivity index (χ1) is 8.33. The first-order valence-corrected chi connectivity index (χ1v) is 6.40. The quantitative estimate of drug-likeness (QED) is 0.833. The predicted octanol–water partition coefficient (Wildman–Crippen LogP) is 1.92. The van der Waals surface area contributed by atoms with Gasteiger partial charge in [-0.05, 0) is 17.9 Å². The molecule has 0 saturated carbocycles. The molecule has 0 radical (unpaired) electrons. The predicted molar refractivity (Wildman–Crippen MR) is 62.3 cm³/mol. The topological polar surface area (TPSA) is 59.2 Å². The highest BCUT2D eigenvalue weighted by Gasteiger charge is 2.22. The van der Waals surface area contributed by atoms with Crippen molar-refractivity contribution in [1.82, 2.24) is 15.0 Å². The number of thiophene rings is 1. The number of rotatable bonds is 3. The van der Waals surface area contributed by atoms with Gasteiger partial charge < -0.3 is 9.42 Å². The summed E-state index contributed by atoms with van der Waals surface area (Å²) in [5, 5.41) is 7.84. The summed E-state index contributed by atoms with van der Waals surface area (Å²) in [7, 11) is 0. The monoisotopic (exact) mass is 249 g/mol. The molecule has 6 heteroatoms. The molecule has 1 fully saturated rings. The molecule has 0 aliphatic carbocycles. The Morgan fingerprint density at radius 2 is 2.47 bits per heavy atom. The molecule has 17 heavy (non-hydrogen) atoms. The fourth-order valence-electron chi connectivity index (χ4n) is 1.86. The van der Waals surface area contributed by atoms with Crippen LogP contribution in [-0.4, -0.2) is 27.5 Å². The van der Waals surface area contributed by atoms with E-state index in [1.807, 2.05) is 16.8 Å². The zero-order chi connectivity index (χ0) is 11.7. The summed E-state index contributed by atoms with van der Waals surface area (Å²) in [6.07, 6.45) is 1.55. The number of hydrogen-bond acceptors (Lipinski definition) is 5. The molecule has 1 saturated heterocycles. The van der Waals surface area contributed by atoms with Gasteiger partial charge in [-0.1, -0.05) is 5.16 Å². The SMILES string of the molecule is O=C1CCCN1Cc1nc(-c2ccsc2)no1. The first-order valence-electron chi connectivity index (χ1n) is 5.46. The third-order valence-electron chi connectivity index (χ3n) is 2.74. The maximum absolute atomic E-state index is 11.5. The highest BCUT2D eigenvalue weighted by molar-refractivity contribution is 7.08. The average molecular weight is 249 g/mol. The van der Waals surface area contributed by atoms with Gasteiger partial charge in [-0.15, -0.1) is 0 Å². The Bertz CT molecular complexity index is 521. The van der Waals surface area contributed by atoms with Crippen LogP contribution in [0.1, 0.15) is 18.7 Å². The lowest BCUT2D eigenvalue weighted by atomic mass is 10.3. The molecule has 2 aromatic rings. The van der Waals surface area contributed by atoms with Gasteiger partial charge in [-0.3, -0.25) is 4.79 Å². The van der Waals surface area contributed by atoms with Crippen molar-refractivity contribution in [1.29, 1.82) is 0 Å². The highest BCUT2D eigenvalue weighted by atomic mass is 32.1. The van der Waals surface area contributed by atoms with Gasteiger partial charge >= 0.3 is 0 Å². The summed E-state index contributed by atoms with van der Waals surface area (Å²) in [6, 6.07) is 1.94. The van der Waals surface area contributed by atoms with Gasteiger partial charge in [0, 0.05) is 23.9 Å². The van der Waals surface area contributed by atoms with Crippen molar-refractivity contribution in [3.8, 4) is 11.4 Å². The van der Waals surface area contributed by atoms with Crippen LogP contribution in [0.5, 0.6) is 0 Å². The van der Waals surface area contributed by atoms with Crippen LogP contribution in [0.4, 0.5) is 0 Å². The van der Waals surface area contributed by atoms with Crippen LogP contribution in [0.15, 0.2) is 21.3 Å². The van der Waals surface area contributed by atoms with Crippen molar-refractivity contribution in [2.75, 3.05) is 6.54 Å². The summed E-state index contributed by atoms with van der Waals surface area (Å²) >= 11 is 1.59.